The minimum Gasteiger partial charge on any atom is -0.491 e. The van der Waals surface area contributed by atoms with Crippen molar-refractivity contribution in [2.24, 2.45) is 0 Å². The molecule has 1 unspecified atom stereocenters. The first-order chi connectivity index (χ1) is 9.76. The Morgan fingerprint density at radius 2 is 1.95 bits per heavy atom. The monoisotopic (exact) mass is 311 g/mol. The van der Waals surface area contributed by atoms with Gasteiger partial charge < -0.3 is 9.84 Å². The van der Waals surface area contributed by atoms with Crippen LogP contribution in [0, 0.1) is 11.3 Å². The van der Waals surface area contributed by atoms with Crippen LogP contribution in [-0.2, 0) is 6.42 Å². The van der Waals surface area contributed by atoms with Gasteiger partial charge in [-0.15, -0.1) is 0 Å². The van der Waals surface area contributed by atoms with E-state index >= 15 is 0 Å². The number of aliphatic hydroxyl groups is 1. The third-order valence-electron chi connectivity index (χ3n) is 2.54. The summed E-state index contributed by atoms with van der Waals surface area (Å²) in [7, 11) is 0. The molecule has 1 aromatic rings. The molecule has 3 nitrogen and oxygen atoms in total. The van der Waals surface area contributed by atoms with Crippen molar-refractivity contribution in [1.82, 2.24) is 0 Å². The topological polar surface area (TPSA) is 53.2 Å². The predicted molar refractivity (Wildman–Crippen MR) is 87.6 cm³/mol. The number of nitriles is 1. The molecule has 0 aliphatic rings. The number of rotatable bonds is 10. The Bertz CT molecular complexity index is 403. The molecule has 0 fully saturated rings. The molecule has 110 valence electrons. The van der Waals surface area contributed by atoms with Gasteiger partial charge in [-0.1, -0.05) is 19.1 Å². The van der Waals surface area contributed by atoms with Crippen LogP contribution < -0.4 is 4.74 Å². The Hall–Kier alpha value is -0.830. The fraction of sp³-hybridized carbons (Fsp3) is 0.533. The lowest BCUT2D eigenvalue weighted by Crippen LogP contribution is -2.20. The van der Waals surface area contributed by atoms with Crippen LogP contribution in [-0.4, -0.2) is 40.8 Å². The summed E-state index contributed by atoms with van der Waals surface area (Å²) in [5.74, 6) is 4.79. The van der Waals surface area contributed by atoms with Gasteiger partial charge in [0.05, 0.1) is 18.6 Å². The summed E-state index contributed by atoms with van der Waals surface area (Å²) in [6.45, 7) is 2.46. The van der Waals surface area contributed by atoms with Crippen LogP contribution in [0.15, 0.2) is 24.3 Å². The van der Waals surface area contributed by atoms with Gasteiger partial charge >= 0.3 is 0 Å². The Morgan fingerprint density at radius 1 is 1.25 bits per heavy atom. The van der Waals surface area contributed by atoms with Gasteiger partial charge in [0.15, 0.2) is 0 Å². The fourth-order valence-electron chi connectivity index (χ4n) is 1.52. The third kappa shape index (κ3) is 7.68. The molecule has 0 spiro atoms. The maximum absolute atomic E-state index is 9.81. The van der Waals surface area contributed by atoms with E-state index in [1.54, 1.807) is 11.8 Å². The van der Waals surface area contributed by atoms with Crippen LogP contribution in [0.5, 0.6) is 5.75 Å². The highest BCUT2D eigenvalue weighted by Gasteiger charge is 2.05. The van der Waals surface area contributed by atoms with Crippen molar-refractivity contribution in [2.75, 3.05) is 29.6 Å². The van der Waals surface area contributed by atoms with E-state index in [-0.39, 0.29) is 0 Å². The van der Waals surface area contributed by atoms with Crippen molar-refractivity contribution in [3.63, 3.8) is 0 Å². The average Bonchev–Trinajstić information content (AvgIpc) is 2.47. The summed E-state index contributed by atoms with van der Waals surface area (Å²) < 4.78 is 5.53. The SMILES string of the molecule is CCSCCSCC(O)COc1ccc(CC#N)cc1. The summed E-state index contributed by atoms with van der Waals surface area (Å²) in [5.41, 5.74) is 0.976. The Morgan fingerprint density at radius 3 is 2.60 bits per heavy atom. The molecule has 1 rings (SSSR count). The maximum Gasteiger partial charge on any atom is 0.119 e. The molecule has 20 heavy (non-hydrogen) atoms. The van der Waals surface area contributed by atoms with E-state index in [0.717, 1.165) is 28.6 Å². The molecule has 1 aromatic carbocycles. The second kappa shape index (κ2) is 10.9. The number of thioether (sulfide) groups is 2. The zero-order valence-electron chi connectivity index (χ0n) is 11.7. The molecule has 1 atom stereocenters. The van der Waals surface area contributed by atoms with Gasteiger partial charge in [-0.3, -0.25) is 0 Å². The second-order valence-electron chi connectivity index (χ2n) is 4.22. The van der Waals surface area contributed by atoms with Gasteiger partial charge in [-0.25, -0.2) is 0 Å². The van der Waals surface area contributed by atoms with E-state index in [0.29, 0.717) is 18.8 Å². The number of benzene rings is 1. The first kappa shape index (κ1) is 17.2. The Balaban J connectivity index is 2.17. The minimum atomic E-state index is -0.439. The minimum absolute atomic E-state index is 0.311. The molecule has 0 radical (unpaired) electrons. The van der Waals surface area contributed by atoms with Crippen LogP contribution in [0.25, 0.3) is 0 Å². The fourth-order valence-corrected chi connectivity index (χ4v) is 3.28. The van der Waals surface area contributed by atoms with Crippen molar-refractivity contribution in [1.29, 1.82) is 5.26 Å². The van der Waals surface area contributed by atoms with Crippen LogP contribution in [0.3, 0.4) is 0 Å². The van der Waals surface area contributed by atoms with Crippen LogP contribution in [0.2, 0.25) is 0 Å². The van der Waals surface area contributed by atoms with E-state index in [4.69, 9.17) is 10.00 Å². The molecule has 5 heteroatoms. The van der Waals surface area contributed by atoms with E-state index in [2.05, 4.69) is 13.0 Å². The van der Waals surface area contributed by atoms with Crippen molar-refractivity contribution in [3.8, 4) is 11.8 Å². The molecule has 0 aromatic heterocycles. The largest absolute Gasteiger partial charge is 0.491 e. The molecule has 0 bridgehead atoms. The highest BCUT2D eigenvalue weighted by atomic mass is 32.2. The van der Waals surface area contributed by atoms with Gasteiger partial charge in [0, 0.05) is 17.3 Å². The van der Waals surface area contributed by atoms with Gasteiger partial charge in [-0.2, -0.15) is 28.8 Å². The van der Waals surface area contributed by atoms with Crippen LogP contribution in [0.1, 0.15) is 12.5 Å². The van der Waals surface area contributed by atoms with E-state index < -0.39 is 6.10 Å². The summed E-state index contributed by atoms with van der Waals surface area (Å²) in [4.78, 5) is 0. The second-order valence-corrected chi connectivity index (χ2v) is 6.76. The summed E-state index contributed by atoms with van der Waals surface area (Å²) in [6.07, 6.45) is -0.0274. The highest BCUT2D eigenvalue weighted by molar-refractivity contribution is 8.02. The molecule has 0 heterocycles. The quantitative estimate of drug-likeness (QED) is 0.673. The molecule has 0 aliphatic heterocycles. The molecule has 0 saturated carbocycles. The normalized spacial score (nSPS) is 11.8. The lowest BCUT2D eigenvalue weighted by molar-refractivity contribution is 0.126. The van der Waals surface area contributed by atoms with Crippen molar-refractivity contribution in [3.05, 3.63) is 29.8 Å². The average molecular weight is 311 g/mol. The first-order valence-electron chi connectivity index (χ1n) is 6.68. The summed E-state index contributed by atoms with van der Waals surface area (Å²) in [6, 6.07) is 9.53. The van der Waals surface area contributed by atoms with Gasteiger partial charge in [-0.05, 0) is 23.4 Å². The zero-order chi connectivity index (χ0) is 14.6. The Kier molecular flexibility index (Phi) is 9.38. The third-order valence-corrected chi connectivity index (χ3v) is 4.81. The molecule has 0 amide bonds. The van der Waals surface area contributed by atoms with Crippen LogP contribution >= 0.6 is 23.5 Å². The van der Waals surface area contributed by atoms with E-state index in [1.165, 1.54) is 0 Å². The molecule has 1 N–H and O–H groups in total. The zero-order valence-corrected chi connectivity index (χ0v) is 13.4. The Labute approximate surface area is 129 Å². The summed E-state index contributed by atoms with van der Waals surface area (Å²) >= 11 is 3.68. The smallest absolute Gasteiger partial charge is 0.119 e. The van der Waals surface area contributed by atoms with E-state index in [9.17, 15) is 5.11 Å². The number of aliphatic hydroxyl groups excluding tert-OH is 1. The molecular formula is C15H21NO2S2. The van der Waals surface area contributed by atoms with E-state index in [1.807, 2.05) is 36.0 Å². The standard InChI is InChI=1S/C15H21NO2S2/c1-2-19-9-10-20-12-14(17)11-18-15-5-3-13(4-6-15)7-8-16/h3-6,14,17H,2,7,9-12H2,1H3. The molecule has 0 aliphatic carbocycles. The lowest BCUT2D eigenvalue weighted by atomic mass is 10.2. The predicted octanol–water partition coefficient (Wildman–Crippen LogP) is 2.98. The van der Waals surface area contributed by atoms with Crippen molar-refractivity contribution >= 4 is 23.5 Å². The van der Waals surface area contributed by atoms with Crippen molar-refractivity contribution < 1.29 is 9.84 Å². The highest BCUT2D eigenvalue weighted by Crippen LogP contribution is 2.14. The summed E-state index contributed by atoms with van der Waals surface area (Å²) in [5, 5.41) is 18.4. The van der Waals surface area contributed by atoms with Gasteiger partial charge in [0.2, 0.25) is 0 Å². The number of nitrogens with zero attached hydrogens (tertiary/aromatic N) is 1. The first-order valence-corrected chi connectivity index (χ1v) is 8.99. The number of hydrogen-bond donors (Lipinski definition) is 1. The van der Waals surface area contributed by atoms with Crippen molar-refractivity contribution in [2.45, 2.75) is 19.4 Å². The van der Waals surface area contributed by atoms with Crippen LogP contribution in [0.4, 0.5) is 0 Å². The van der Waals surface area contributed by atoms with Gasteiger partial charge in [0.25, 0.3) is 0 Å². The molecule has 0 saturated heterocycles. The maximum atomic E-state index is 9.81. The van der Waals surface area contributed by atoms with Gasteiger partial charge in [0.1, 0.15) is 12.4 Å². The number of hydrogen-bond acceptors (Lipinski definition) is 5. The number of ether oxygens (including phenoxy) is 1. The molecular weight excluding hydrogens is 290 g/mol. The lowest BCUT2D eigenvalue weighted by Gasteiger charge is -2.12.